The molecule has 2 rings (SSSR count). The van der Waals surface area contributed by atoms with Crippen LogP contribution in [0.5, 0.6) is 0 Å². The third-order valence-corrected chi connectivity index (χ3v) is 6.77. The number of hydrogen-bond donors (Lipinski definition) is 0. The topological polar surface area (TPSA) is 37.4 Å². The quantitative estimate of drug-likeness (QED) is 0.772. The summed E-state index contributed by atoms with van der Waals surface area (Å²) in [6.45, 7) is 4.20. The Morgan fingerprint density at radius 2 is 2.00 bits per heavy atom. The fourth-order valence-electron chi connectivity index (χ4n) is 2.52. The molecule has 0 bridgehead atoms. The Kier molecular flexibility index (Phi) is 4.08. The van der Waals surface area contributed by atoms with E-state index in [9.17, 15) is 9.59 Å². The molecular weight excluding hydrogens is 254 g/mol. The first-order chi connectivity index (χ1) is 8.08. The van der Waals surface area contributed by atoms with Crippen LogP contribution in [0.25, 0.3) is 0 Å². The van der Waals surface area contributed by atoms with E-state index < -0.39 is 0 Å². The number of thioether (sulfide) groups is 2. The summed E-state index contributed by atoms with van der Waals surface area (Å²) >= 11 is 3.89. The molecule has 0 aliphatic carbocycles. The highest BCUT2D eigenvalue weighted by atomic mass is 32.2. The first-order valence-electron chi connectivity index (χ1n) is 6.16. The summed E-state index contributed by atoms with van der Waals surface area (Å²) in [5, 5.41) is 0. The SMILES string of the molecule is CCC(=O)[C@@H]1CC2(CN1C(C)=O)SCCCS2. The van der Waals surface area contributed by atoms with Crippen molar-refractivity contribution in [2.24, 2.45) is 0 Å². The number of ketones is 1. The molecule has 0 aromatic rings. The van der Waals surface area contributed by atoms with Crippen LogP contribution < -0.4 is 0 Å². The monoisotopic (exact) mass is 273 g/mol. The molecule has 0 N–H and O–H groups in total. The van der Waals surface area contributed by atoms with Crippen molar-refractivity contribution < 1.29 is 9.59 Å². The summed E-state index contributed by atoms with van der Waals surface area (Å²) in [5.41, 5.74) is 0. The third kappa shape index (κ3) is 2.65. The van der Waals surface area contributed by atoms with Crippen molar-refractivity contribution in [1.82, 2.24) is 4.90 Å². The Hall–Kier alpha value is -0.160. The van der Waals surface area contributed by atoms with Crippen LogP contribution in [0, 0.1) is 0 Å². The second kappa shape index (κ2) is 5.22. The van der Waals surface area contributed by atoms with E-state index in [4.69, 9.17) is 0 Å². The Labute approximate surface area is 111 Å². The summed E-state index contributed by atoms with van der Waals surface area (Å²) in [5.74, 6) is 2.57. The van der Waals surface area contributed by atoms with Gasteiger partial charge in [-0.05, 0) is 17.9 Å². The Bertz CT molecular complexity index is 326. The van der Waals surface area contributed by atoms with Crippen LogP contribution >= 0.6 is 23.5 Å². The first kappa shape index (κ1) is 13.3. The summed E-state index contributed by atoms with van der Waals surface area (Å²) in [7, 11) is 0. The lowest BCUT2D eigenvalue weighted by Crippen LogP contribution is -2.39. The third-order valence-electron chi connectivity index (χ3n) is 3.44. The van der Waals surface area contributed by atoms with Gasteiger partial charge in [-0.15, -0.1) is 23.5 Å². The summed E-state index contributed by atoms with van der Waals surface area (Å²) in [6, 6.07) is -0.171. The molecule has 2 aliphatic heterocycles. The van der Waals surface area contributed by atoms with E-state index in [2.05, 4.69) is 0 Å². The Morgan fingerprint density at radius 1 is 1.35 bits per heavy atom. The van der Waals surface area contributed by atoms with Gasteiger partial charge in [-0.25, -0.2) is 0 Å². The highest BCUT2D eigenvalue weighted by Crippen LogP contribution is 2.50. The molecule has 5 heteroatoms. The van der Waals surface area contributed by atoms with Crippen LogP contribution in [0.3, 0.4) is 0 Å². The minimum absolute atomic E-state index is 0.0421. The lowest BCUT2D eigenvalue weighted by Gasteiger charge is -2.31. The number of Topliss-reactive ketones (excluding diaryl/α,β-unsaturated/α-hetero) is 1. The van der Waals surface area contributed by atoms with Gasteiger partial charge in [0.25, 0.3) is 0 Å². The van der Waals surface area contributed by atoms with Gasteiger partial charge in [-0.3, -0.25) is 9.59 Å². The van der Waals surface area contributed by atoms with Gasteiger partial charge in [0.15, 0.2) is 5.78 Å². The molecular formula is C12H19NO2S2. The van der Waals surface area contributed by atoms with Crippen LogP contribution in [0.4, 0.5) is 0 Å². The predicted octanol–water partition coefficient (Wildman–Crippen LogP) is 2.15. The average Bonchev–Trinajstić information content (AvgIpc) is 2.69. The van der Waals surface area contributed by atoms with Crippen LogP contribution in [0.1, 0.15) is 33.1 Å². The van der Waals surface area contributed by atoms with Crippen molar-refractivity contribution in [3.63, 3.8) is 0 Å². The lowest BCUT2D eigenvalue weighted by atomic mass is 10.1. The molecule has 0 radical (unpaired) electrons. The van der Waals surface area contributed by atoms with Crippen molar-refractivity contribution in [3.05, 3.63) is 0 Å². The minimum atomic E-state index is -0.171. The smallest absolute Gasteiger partial charge is 0.220 e. The molecule has 2 aliphatic rings. The van der Waals surface area contributed by atoms with Crippen LogP contribution in [0.2, 0.25) is 0 Å². The Balaban J connectivity index is 2.15. The number of likely N-dealkylation sites (tertiary alicyclic amines) is 1. The molecule has 0 unspecified atom stereocenters. The molecule has 3 nitrogen and oxygen atoms in total. The molecule has 0 aromatic carbocycles. The maximum absolute atomic E-state index is 11.9. The van der Waals surface area contributed by atoms with E-state index in [-0.39, 0.29) is 21.8 Å². The van der Waals surface area contributed by atoms with E-state index in [1.807, 2.05) is 30.4 Å². The maximum Gasteiger partial charge on any atom is 0.220 e. The molecule has 2 fully saturated rings. The van der Waals surface area contributed by atoms with Gasteiger partial charge in [0.1, 0.15) is 0 Å². The van der Waals surface area contributed by atoms with Gasteiger partial charge < -0.3 is 4.90 Å². The van der Waals surface area contributed by atoms with Gasteiger partial charge in [-0.1, -0.05) is 6.92 Å². The van der Waals surface area contributed by atoms with Gasteiger partial charge >= 0.3 is 0 Å². The van der Waals surface area contributed by atoms with E-state index in [1.54, 1.807) is 11.8 Å². The second-order valence-corrected chi connectivity index (χ2v) is 7.86. The molecule has 2 heterocycles. The molecule has 0 aromatic heterocycles. The van der Waals surface area contributed by atoms with Crippen molar-refractivity contribution in [2.75, 3.05) is 18.1 Å². The van der Waals surface area contributed by atoms with Crippen molar-refractivity contribution >= 4 is 35.2 Å². The van der Waals surface area contributed by atoms with Gasteiger partial charge in [-0.2, -0.15) is 0 Å². The fourth-order valence-corrected chi connectivity index (χ4v) is 5.87. The van der Waals surface area contributed by atoms with Crippen molar-refractivity contribution in [3.8, 4) is 0 Å². The Morgan fingerprint density at radius 3 is 2.53 bits per heavy atom. The summed E-state index contributed by atoms with van der Waals surface area (Å²) in [4.78, 5) is 25.4. The van der Waals surface area contributed by atoms with Crippen molar-refractivity contribution in [1.29, 1.82) is 0 Å². The zero-order valence-electron chi connectivity index (χ0n) is 10.4. The van der Waals surface area contributed by atoms with Gasteiger partial charge in [0.05, 0.1) is 10.1 Å². The molecule has 1 atom stereocenters. The highest BCUT2D eigenvalue weighted by molar-refractivity contribution is 8.18. The normalized spacial score (nSPS) is 27.4. The predicted molar refractivity (Wildman–Crippen MR) is 73.4 cm³/mol. The molecule has 96 valence electrons. The van der Waals surface area contributed by atoms with Gasteiger partial charge in [0.2, 0.25) is 5.91 Å². The van der Waals surface area contributed by atoms with E-state index in [0.717, 1.165) is 24.5 Å². The molecule has 0 saturated carbocycles. The maximum atomic E-state index is 11.9. The highest BCUT2D eigenvalue weighted by Gasteiger charge is 2.48. The largest absolute Gasteiger partial charge is 0.331 e. The second-order valence-electron chi connectivity index (χ2n) is 4.65. The zero-order valence-corrected chi connectivity index (χ0v) is 12.0. The number of carbonyl (C=O) groups excluding carboxylic acids is 2. The molecule has 1 amide bonds. The van der Waals surface area contributed by atoms with Crippen LogP contribution in [0.15, 0.2) is 0 Å². The number of rotatable bonds is 2. The zero-order chi connectivity index (χ0) is 12.5. The fraction of sp³-hybridized carbons (Fsp3) is 0.833. The van der Waals surface area contributed by atoms with Crippen molar-refractivity contribution in [2.45, 2.75) is 43.2 Å². The van der Waals surface area contributed by atoms with Crippen LogP contribution in [-0.4, -0.2) is 44.8 Å². The first-order valence-corrected chi connectivity index (χ1v) is 8.13. The van der Waals surface area contributed by atoms with E-state index in [0.29, 0.717) is 6.42 Å². The lowest BCUT2D eigenvalue weighted by molar-refractivity contribution is -0.135. The number of amides is 1. The van der Waals surface area contributed by atoms with Crippen LogP contribution in [-0.2, 0) is 9.59 Å². The minimum Gasteiger partial charge on any atom is -0.331 e. The summed E-state index contributed by atoms with van der Waals surface area (Å²) < 4.78 is 0.0966. The van der Waals surface area contributed by atoms with Gasteiger partial charge in [0, 0.05) is 26.3 Å². The number of nitrogens with zero attached hydrogens (tertiary/aromatic N) is 1. The standard InChI is InChI=1S/C12H19NO2S2/c1-3-11(15)10-7-12(8-13(10)9(2)14)16-5-4-6-17-12/h10H,3-8H2,1-2H3/t10-/m0/s1. The molecule has 2 saturated heterocycles. The number of carbonyl (C=O) groups is 2. The van der Waals surface area contributed by atoms with E-state index >= 15 is 0 Å². The average molecular weight is 273 g/mol. The number of hydrogen-bond acceptors (Lipinski definition) is 4. The molecule has 17 heavy (non-hydrogen) atoms. The summed E-state index contributed by atoms with van der Waals surface area (Å²) in [6.07, 6.45) is 2.61. The molecule has 1 spiro atoms. The van der Waals surface area contributed by atoms with E-state index in [1.165, 1.54) is 6.42 Å².